The van der Waals surface area contributed by atoms with Gasteiger partial charge in [0.05, 0.1) is 16.8 Å². The molecule has 9 heteroatoms. The van der Waals surface area contributed by atoms with E-state index in [2.05, 4.69) is 15.2 Å². The van der Waals surface area contributed by atoms with Gasteiger partial charge in [0.1, 0.15) is 5.82 Å². The highest BCUT2D eigenvalue weighted by atomic mass is 35.5. The van der Waals surface area contributed by atoms with Crippen molar-refractivity contribution in [1.82, 2.24) is 24.6 Å². The normalized spacial score (nSPS) is 14.6. The molecule has 4 aromatic rings. The Bertz CT molecular complexity index is 1260. The van der Waals surface area contributed by atoms with Crippen molar-refractivity contribution in [3.8, 4) is 16.9 Å². The maximum absolute atomic E-state index is 6.56. The van der Waals surface area contributed by atoms with Crippen LogP contribution < -0.4 is 11.1 Å². The number of likely N-dealkylation sites (tertiary alicyclic amines) is 1. The fraction of sp³-hybridized carbons (Fsp3) is 0.292. The highest BCUT2D eigenvalue weighted by Crippen LogP contribution is 2.33. The van der Waals surface area contributed by atoms with Crippen LogP contribution in [0.3, 0.4) is 0 Å². The molecule has 0 unspecified atom stereocenters. The van der Waals surface area contributed by atoms with E-state index in [-0.39, 0.29) is 0 Å². The van der Waals surface area contributed by atoms with Crippen molar-refractivity contribution in [2.45, 2.75) is 19.3 Å². The lowest BCUT2D eigenvalue weighted by Crippen LogP contribution is -2.33. The zero-order valence-corrected chi connectivity index (χ0v) is 19.6. The Morgan fingerprint density at radius 2 is 1.73 bits per heavy atom. The number of nitrogens with two attached hydrogens (primary N) is 1. The van der Waals surface area contributed by atoms with Gasteiger partial charge in [0.15, 0.2) is 5.65 Å². The van der Waals surface area contributed by atoms with Crippen LogP contribution in [0.25, 0.3) is 28.0 Å². The van der Waals surface area contributed by atoms with Crippen molar-refractivity contribution in [3.63, 3.8) is 0 Å². The molecule has 7 nitrogen and oxygen atoms in total. The molecule has 0 spiro atoms. The van der Waals surface area contributed by atoms with Gasteiger partial charge in [-0.15, -0.1) is 5.10 Å². The average molecular weight is 482 g/mol. The fourth-order valence-corrected chi connectivity index (χ4v) is 4.54. The number of hydrogen-bond donors (Lipinski definition) is 2. The van der Waals surface area contributed by atoms with Gasteiger partial charge in [0.2, 0.25) is 5.95 Å². The molecule has 0 aliphatic carbocycles. The molecule has 170 valence electrons. The molecule has 1 fully saturated rings. The molecule has 1 aliphatic heterocycles. The zero-order valence-electron chi connectivity index (χ0n) is 18.1. The van der Waals surface area contributed by atoms with Gasteiger partial charge >= 0.3 is 0 Å². The first-order chi connectivity index (χ1) is 16.1. The Balaban J connectivity index is 1.54. The summed E-state index contributed by atoms with van der Waals surface area (Å²) in [7, 11) is 0. The van der Waals surface area contributed by atoms with Crippen molar-refractivity contribution in [1.29, 1.82) is 0 Å². The molecule has 33 heavy (non-hydrogen) atoms. The molecule has 0 radical (unpaired) electrons. The van der Waals surface area contributed by atoms with E-state index < -0.39 is 0 Å². The standard InChI is InChI=1S/C24H25Cl2N7/c25-17-7-9-19(10-8-17)33-22(27)20-21(16-5-4-6-18(26)15-16)29-24(30-23(20)31-33)28-11-14-32-12-2-1-3-13-32/h4-10,15H,1-3,11-14,27H2,(H,28,30,31). The van der Waals surface area contributed by atoms with Gasteiger partial charge in [-0.3, -0.25) is 0 Å². The molecule has 0 atom stereocenters. The second-order valence-electron chi connectivity index (χ2n) is 8.21. The zero-order chi connectivity index (χ0) is 22.8. The van der Waals surface area contributed by atoms with E-state index in [9.17, 15) is 0 Å². The third-order valence-electron chi connectivity index (χ3n) is 5.90. The maximum Gasteiger partial charge on any atom is 0.225 e. The number of benzene rings is 2. The number of nitrogen functional groups attached to an aromatic ring is 1. The summed E-state index contributed by atoms with van der Waals surface area (Å²) in [4.78, 5) is 12.0. The number of fused-ring (bicyclic) bond motifs is 1. The third kappa shape index (κ3) is 4.76. The Hall–Kier alpha value is -2.87. The largest absolute Gasteiger partial charge is 0.383 e. The molecule has 5 rings (SSSR count). The van der Waals surface area contributed by atoms with Crippen LogP contribution in [-0.2, 0) is 0 Å². The van der Waals surface area contributed by atoms with Crippen molar-refractivity contribution >= 4 is 46.0 Å². The second-order valence-corrected chi connectivity index (χ2v) is 9.08. The van der Waals surface area contributed by atoms with Crippen molar-refractivity contribution in [2.24, 2.45) is 0 Å². The molecule has 0 saturated carbocycles. The summed E-state index contributed by atoms with van der Waals surface area (Å²) in [5, 5.41) is 10.0. The van der Waals surface area contributed by atoms with Gasteiger partial charge in [-0.1, -0.05) is 41.8 Å². The summed E-state index contributed by atoms with van der Waals surface area (Å²) in [5.74, 6) is 0.984. The van der Waals surface area contributed by atoms with Crippen molar-refractivity contribution < 1.29 is 0 Å². The SMILES string of the molecule is Nc1c2c(-c3cccc(Cl)c3)nc(NCCN3CCCCC3)nc2nn1-c1ccc(Cl)cc1. The molecule has 2 aromatic carbocycles. The van der Waals surface area contributed by atoms with Gasteiger partial charge in [-0.05, 0) is 62.3 Å². The summed E-state index contributed by atoms with van der Waals surface area (Å²) in [6.45, 7) is 4.01. The highest BCUT2D eigenvalue weighted by Gasteiger charge is 2.19. The van der Waals surface area contributed by atoms with Crippen LogP contribution in [-0.4, -0.2) is 50.8 Å². The smallest absolute Gasteiger partial charge is 0.225 e. The van der Waals surface area contributed by atoms with Crippen LogP contribution in [0.1, 0.15) is 19.3 Å². The van der Waals surface area contributed by atoms with Crippen LogP contribution in [0.5, 0.6) is 0 Å². The van der Waals surface area contributed by atoms with Crippen LogP contribution >= 0.6 is 23.2 Å². The monoisotopic (exact) mass is 481 g/mol. The summed E-state index contributed by atoms with van der Waals surface area (Å²) < 4.78 is 1.67. The first-order valence-electron chi connectivity index (χ1n) is 11.1. The summed E-state index contributed by atoms with van der Waals surface area (Å²) in [6, 6.07) is 14.9. The molecule has 3 heterocycles. The van der Waals surface area contributed by atoms with Crippen molar-refractivity contribution in [2.75, 3.05) is 37.2 Å². The number of aromatic nitrogens is 4. The molecule has 1 aliphatic rings. The molecule has 3 N–H and O–H groups in total. The maximum atomic E-state index is 6.56. The summed E-state index contributed by atoms with van der Waals surface area (Å²) >= 11 is 12.3. The molecular formula is C24H25Cl2N7. The lowest BCUT2D eigenvalue weighted by atomic mass is 10.1. The van der Waals surface area contributed by atoms with E-state index in [4.69, 9.17) is 39.0 Å². The van der Waals surface area contributed by atoms with Gasteiger partial charge in [0.25, 0.3) is 0 Å². The lowest BCUT2D eigenvalue weighted by molar-refractivity contribution is 0.237. The van der Waals surface area contributed by atoms with Gasteiger partial charge in [-0.2, -0.15) is 4.98 Å². The summed E-state index contributed by atoms with van der Waals surface area (Å²) in [5.41, 5.74) is 9.43. The molecule has 0 bridgehead atoms. The number of rotatable bonds is 6. The minimum Gasteiger partial charge on any atom is -0.383 e. The average Bonchev–Trinajstić information content (AvgIpc) is 3.16. The second kappa shape index (κ2) is 9.55. The predicted molar refractivity (Wildman–Crippen MR) is 135 cm³/mol. The molecule has 0 amide bonds. The highest BCUT2D eigenvalue weighted by molar-refractivity contribution is 6.31. The topological polar surface area (TPSA) is 84.9 Å². The quantitative estimate of drug-likeness (QED) is 0.390. The number of halogens is 2. The van der Waals surface area contributed by atoms with E-state index in [1.54, 1.807) is 16.8 Å². The molecule has 2 aromatic heterocycles. The number of anilines is 2. The third-order valence-corrected chi connectivity index (χ3v) is 6.39. The number of nitrogens with one attached hydrogen (secondary N) is 1. The van der Waals surface area contributed by atoms with E-state index in [0.29, 0.717) is 38.5 Å². The number of nitrogens with zero attached hydrogens (tertiary/aromatic N) is 5. The Kier molecular flexibility index (Phi) is 6.35. The number of piperidine rings is 1. The van der Waals surface area contributed by atoms with Gasteiger partial charge in [0, 0.05) is 28.7 Å². The minimum atomic E-state index is 0.460. The van der Waals surface area contributed by atoms with Gasteiger partial charge < -0.3 is 16.0 Å². The minimum absolute atomic E-state index is 0.460. The van der Waals surface area contributed by atoms with Crippen LogP contribution in [0.15, 0.2) is 48.5 Å². The van der Waals surface area contributed by atoms with Crippen LogP contribution in [0.2, 0.25) is 10.0 Å². The van der Waals surface area contributed by atoms with E-state index in [1.807, 2.05) is 36.4 Å². The fourth-order valence-electron chi connectivity index (χ4n) is 4.22. The van der Waals surface area contributed by atoms with E-state index in [0.717, 1.165) is 37.4 Å². The van der Waals surface area contributed by atoms with E-state index in [1.165, 1.54) is 19.3 Å². The Morgan fingerprint density at radius 3 is 2.48 bits per heavy atom. The van der Waals surface area contributed by atoms with Crippen LogP contribution in [0.4, 0.5) is 11.8 Å². The first kappa shape index (κ1) is 21.9. The van der Waals surface area contributed by atoms with Gasteiger partial charge in [-0.25, -0.2) is 9.67 Å². The molecule has 1 saturated heterocycles. The number of hydrogen-bond acceptors (Lipinski definition) is 6. The van der Waals surface area contributed by atoms with Crippen LogP contribution in [0, 0.1) is 0 Å². The van der Waals surface area contributed by atoms with Crippen molar-refractivity contribution in [3.05, 3.63) is 58.6 Å². The predicted octanol–water partition coefficient (Wildman–Crippen LogP) is 5.27. The van der Waals surface area contributed by atoms with E-state index >= 15 is 0 Å². The first-order valence-corrected chi connectivity index (χ1v) is 11.9. The molecular weight excluding hydrogens is 457 g/mol. The Labute approximate surface area is 202 Å². The summed E-state index contributed by atoms with van der Waals surface area (Å²) in [6.07, 6.45) is 3.86. The lowest BCUT2D eigenvalue weighted by Gasteiger charge is -2.26. The Morgan fingerprint density at radius 1 is 0.939 bits per heavy atom.